The lowest BCUT2D eigenvalue weighted by atomic mass is 9.94. The van der Waals surface area contributed by atoms with Crippen LogP contribution in [-0.4, -0.2) is 15.0 Å². The number of thiophene rings is 1. The SMILES string of the molecule is C1=Cc2cc(-c3nc(-c4cccc(-c5cccc(-c6cccc(-c7ccc8sc9cc%10ccccc%10cc9c8c7)c6)c5)c4)nc(-c4ccc5c(c4)CCC=C5)n3)ccc2CC1. The molecule has 2 aromatic heterocycles. The molecule has 10 aromatic rings. The van der Waals surface area contributed by atoms with Gasteiger partial charge in [0.15, 0.2) is 17.5 Å². The molecule has 8 aromatic carbocycles. The van der Waals surface area contributed by atoms with Crippen molar-refractivity contribution in [1.29, 1.82) is 0 Å². The van der Waals surface area contributed by atoms with Crippen LogP contribution in [0.2, 0.25) is 0 Å². The summed E-state index contributed by atoms with van der Waals surface area (Å²) in [4.78, 5) is 15.5. The lowest BCUT2D eigenvalue weighted by Gasteiger charge is -2.14. The fraction of sp³-hybridized carbons (Fsp3) is 0.0702. The number of hydrogen-bond donors (Lipinski definition) is 0. The van der Waals surface area contributed by atoms with Gasteiger partial charge in [-0.1, -0.05) is 133 Å². The summed E-state index contributed by atoms with van der Waals surface area (Å²) in [6.07, 6.45) is 13.2. The van der Waals surface area contributed by atoms with Crippen molar-refractivity contribution in [3.63, 3.8) is 0 Å². The standard InChI is InChI=1S/C57H39N3S/c1-3-12-38-30-49(24-22-36(38)10-1)56-58-55(59-57(60-56)50-25-23-37-11-2-4-13-39(37)31-50)48-21-9-20-44(32-48)42-18-7-16-40(28-42)41-17-8-19-43(29-41)47-26-27-53-51(34-47)52-33-45-14-5-6-15-46(45)35-54(52)61-53/h1,4-10,13-35H,2-3,11-12H2. The van der Waals surface area contributed by atoms with Gasteiger partial charge in [0.2, 0.25) is 0 Å². The molecule has 0 atom stereocenters. The highest BCUT2D eigenvalue weighted by Gasteiger charge is 2.17. The molecule has 0 unspecified atom stereocenters. The molecule has 0 saturated heterocycles. The monoisotopic (exact) mass is 797 g/mol. The molecule has 12 rings (SSSR count). The molecule has 61 heavy (non-hydrogen) atoms. The molecule has 2 aliphatic rings. The molecule has 2 aliphatic carbocycles. The molecule has 3 nitrogen and oxygen atoms in total. The van der Waals surface area contributed by atoms with Crippen molar-refractivity contribution in [2.75, 3.05) is 0 Å². The summed E-state index contributed by atoms with van der Waals surface area (Å²) < 4.78 is 2.65. The topological polar surface area (TPSA) is 38.7 Å². The molecule has 0 radical (unpaired) electrons. The molecule has 0 bridgehead atoms. The molecule has 0 aliphatic heterocycles. The Morgan fingerprint density at radius 1 is 0.344 bits per heavy atom. The summed E-state index contributed by atoms with van der Waals surface area (Å²) in [5, 5.41) is 5.20. The Kier molecular flexibility index (Phi) is 8.64. The zero-order chi connectivity index (χ0) is 40.3. The number of benzene rings is 8. The predicted molar refractivity (Wildman–Crippen MR) is 258 cm³/mol. The average molecular weight is 798 g/mol. The van der Waals surface area contributed by atoms with E-state index in [-0.39, 0.29) is 0 Å². The van der Waals surface area contributed by atoms with Gasteiger partial charge in [-0.25, -0.2) is 15.0 Å². The van der Waals surface area contributed by atoms with Crippen molar-refractivity contribution in [2.45, 2.75) is 25.7 Å². The molecular formula is C57H39N3S. The van der Waals surface area contributed by atoms with E-state index < -0.39 is 0 Å². The highest BCUT2D eigenvalue weighted by molar-refractivity contribution is 7.25. The van der Waals surface area contributed by atoms with E-state index in [4.69, 9.17) is 15.0 Å². The molecule has 288 valence electrons. The fourth-order valence-corrected chi connectivity index (χ4v) is 10.3. The molecule has 4 heteroatoms. The Morgan fingerprint density at radius 2 is 0.852 bits per heavy atom. The summed E-state index contributed by atoms with van der Waals surface area (Å²) in [6, 6.07) is 59.9. The first-order valence-electron chi connectivity index (χ1n) is 21.2. The van der Waals surface area contributed by atoms with Crippen LogP contribution < -0.4 is 0 Å². The number of nitrogens with zero attached hydrogens (tertiary/aromatic N) is 3. The zero-order valence-corrected chi connectivity index (χ0v) is 34.3. The van der Waals surface area contributed by atoms with E-state index in [2.05, 4.69) is 188 Å². The van der Waals surface area contributed by atoms with Gasteiger partial charge in [-0.15, -0.1) is 11.3 Å². The van der Waals surface area contributed by atoms with Crippen LogP contribution in [0.5, 0.6) is 0 Å². The first kappa shape index (κ1) is 35.7. The van der Waals surface area contributed by atoms with Gasteiger partial charge in [-0.3, -0.25) is 0 Å². The third-order valence-electron chi connectivity index (χ3n) is 12.4. The van der Waals surface area contributed by atoms with E-state index in [0.29, 0.717) is 17.5 Å². The largest absolute Gasteiger partial charge is 0.208 e. The highest BCUT2D eigenvalue weighted by atomic mass is 32.1. The number of hydrogen-bond acceptors (Lipinski definition) is 4. The van der Waals surface area contributed by atoms with Crippen LogP contribution >= 0.6 is 11.3 Å². The Morgan fingerprint density at radius 3 is 1.54 bits per heavy atom. The van der Waals surface area contributed by atoms with Crippen molar-refractivity contribution >= 4 is 54.4 Å². The Labute approximate surface area is 359 Å². The fourth-order valence-electron chi connectivity index (χ4n) is 9.14. The van der Waals surface area contributed by atoms with Gasteiger partial charge in [0.1, 0.15) is 0 Å². The van der Waals surface area contributed by atoms with E-state index in [1.165, 1.54) is 75.5 Å². The van der Waals surface area contributed by atoms with Crippen LogP contribution in [0.15, 0.2) is 176 Å². The minimum absolute atomic E-state index is 0.667. The Bertz CT molecular complexity index is 3440. The molecule has 0 fully saturated rings. The van der Waals surface area contributed by atoms with Crippen LogP contribution in [0.25, 0.3) is 111 Å². The first-order valence-corrected chi connectivity index (χ1v) is 22.0. The minimum Gasteiger partial charge on any atom is -0.208 e. The average Bonchev–Trinajstić information content (AvgIpc) is 3.69. The van der Waals surface area contributed by atoms with Crippen LogP contribution in [0.1, 0.15) is 35.1 Å². The third kappa shape index (κ3) is 6.66. The van der Waals surface area contributed by atoms with Gasteiger partial charge in [0, 0.05) is 36.9 Å². The van der Waals surface area contributed by atoms with Crippen LogP contribution in [0, 0.1) is 0 Å². The maximum Gasteiger partial charge on any atom is 0.164 e. The summed E-state index contributed by atoms with van der Waals surface area (Å²) in [7, 11) is 0. The van der Waals surface area contributed by atoms with Gasteiger partial charge in [-0.05, 0) is 147 Å². The zero-order valence-electron chi connectivity index (χ0n) is 33.5. The second-order valence-corrected chi connectivity index (χ2v) is 17.4. The molecule has 0 N–H and O–H groups in total. The van der Waals surface area contributed by atoms with E-state index in [0.717, 1.165) is 53.5 Å². The van der Waals surface area contributed by atoms with E-state index in [9.17, 15) is 0 Å². The van der Waals surface area contributed by atoms with Gasteiger partial charge >= 0.3 is 0 Å². The molecule has 2 heterocycles. The van der Waals surface area contributed by atoms with Crippen LogP contribution in [0.3, 0.4) is 0 Å². The van der Waals surface area contributed by atoms with Crippen molar-refractivity contribution in [3.8, 4) is 67.5 Å². The maximum absolute atomic E-state index is 5.17. The van der Waals surface area contributed by atoms with Crippen LogP contribution in [0.4, 0.5) is 0 Å². The number of allylic oxidation sites excluding steroid dienone is 2. The highest BCUT2D eigenvalue weighted by Crippen LogP contribution is 2.40. The molecule has 0 spiro atoms. The number of aryl methyl sites for hydroxylation is 2. The van der Waals surface area contributed by atoms with Crippen molar-refractivity contribution in [3.05, 3.63) is 198 Å². The van der Waals surface area contributed by atoms with Gasteiger partial charge in [0.05, 0.1) is 0 Å². The van der Waals surface area contributed by atoms with Gasteiger partial charge < -0.3 is 0 Å². The first-order chi connectivity index (χ1) is 30.1. The Hall–Kier alpha value is -7.27. The Balaban J connectivity index is 0.901. The minimum atomic E-state index is 0.667. The van der Waals surface area contributed by atoms with Crippen LogP contribution in [-0.2, 0) is 12.8 Å². The molecule has 0 amide bonds. The van der Waals surface area contributed by atoms with E-state index in [1.54, 1.807) is 0 Å². The summed E-state index contributed by atoms with van der Waals surface area (Å²) in [5.41, 5.74) is 15.2. The quantitative estimate of drug-likeness (QED) is 0.168. The van der Waals surface area contributed by atoms with Crippen molar-refractivity contribution in [2.24, 2.45) is 0 Å². The maximum atomic E-state index is 5.17. The third-order valence-corrected chi connectivity index (χ3v) is 13.5. The normalized spacial score (nSPS) is 13.2. The van der Waals surface area contributed by atoms with Crippen molar-refractivity contribution < 1.29 is 0 Å². The number of aromatic nitrogens is 3. The van der Waals surface area contributed by atoms with Crippen molar-refractivity contribution in [1.82, 2.24) is 15.0 Å². The molecule has 0 saturated carbocycles. The summed E-state index contributed by atoms with van der Waals surface area (Å²) >= 11 is 1.87. The predicted octanol–water partition coefficient (Wildman–Crippen LogP) is 15.3. The lowest BCUT2D eigenvalue weighted by Crippen LogP contribution is -2.02. The van der Waals surface area contributed by atoms with Gasteiger partial charge in [-0.2, -0.15) is 0 Å². The van der Waals surface area contributed by atoms with E-state index >= 15 is 0 Å². The number of rotatable bonds is 6. The second-order valence-electron chi connectivity index (χ2n) is 16.3. The smallest absolute Gasteiger partial charge is 0.164 e. The van der Waals surface area contributed by atoms with E-state index in [1.807, 2.05) is 11.3 Å². The second kappa shape index (κ2) is 14.8. The summed E-state index contributed by atoms with van der Waals surface area (Å²) in [5.74, 6) is 2.05. The number of fused-ring (bicyclic) bond motifs is 6. The lowest BCUT2D eigenvalue weighted by molar-refractivity contribution is 0.982. The van der Waals surface area contributed by atoms with Gasteiger partial charge in [0.25, 0.3) is 0 Å². The summed E-state index contributed by atoms with van der Waals surface area (Å²) in [6.45, 7) is 0. The molecular weight excluding hydrogens is 759 g/mol.